The van der Waals surface area contributed by atoms with Crippen molar-refractivity contribution in [3.8, 4) is 5.69 Å². The number of rotatable bonds is 3. The summed E-state index contributed by atoms with van der Waals surface area (Å²) < 4.78 is 1.88. The molecule has 0 spiro atoms. The van der Waals surface area contributed by atoms with E-state index in [0.717, 1.165) is 12.1 Å². The van der Waals surface area contributed by atoms with Crippen LogP contribution in [-0.2, 0) is 5.41 Å². The normalized spacial score (nSPS) is 11.7. The minimum absolute atomic E-state index is 0.253. The number of aromatic nitrogens is 2. The molecule has 2 nitrogen and oxygen atoms in total. The minimum Gasteiger partial charge on any atom is -0.241 e. The Hall–Kier alpha value is -1.57. The van der Waals surface area contributed by atoms with Crippen molar-refractivity contribution in [2.75, 3.05) is 0 Å². The van der Waals surface area contributed by atoms with E-state index in [1.165, 1.54) is 5.56 Å². The molecular formula is C14H18N2. The third-order valence-corrected chi connectivity index (χ3v) is 3.30. The van der Waals surface area contributed by atoms with E-state index in [-0.39, 0.29) is 5.41 Å². The van der Waals surface area contributed by atoms with Gasteiger partial charge in [0.2, 0.25) is 0 Å². The SMILES string of the molecule is CCC(C)(C)c1ccc(-n2cccn2)cc1. The van der Waals surface area contributed by atoms with Gasteiger partial charge in [0.15, 0.2) is 0 Å². The molecule has 0 aliphatic rings. The Balaban J connectivity index is 2.30. The first kappa shape index (κ1) is 10.9. The quantitative estimate of drug-likeness (QED) is 0.764. The van der Waals surface area contributed by atoms with Gasteiger partial charge in [-0.25, -0.2) is 4.68 Å². The molecule has 0 saturated carbocycles. The Morgan fingerprint density at radius 3 is 2.38 bits per heavy atom. The van der Waals surface area contributed by atoms with Gasteiger partial charge in [-0.15, -0.1) is 0 Å². The third-order valence-electron chi connectivity index (χ3n) is 3.30. The molecule has 0 amide bonds. The van der Waals surface area contributed by atoms with Crippen LogP contribution >= 0.6 is 0 Å². The molecule has 0 atom stereocenters. The highest BCUT2D eigenvalue weighted by Crippen LogP contribution is 2.27. The molecule has 0 bridgehead atoms. The van der Waals surface area contributed by atoms with Gasteiger partial charge in [-0.05, 0) is 35.6 Å². The molecule has 1 aromatic carbocycles. The summed E-state index contributed by atoms with van der Waals surface area (Å²) in [6, 6.07) is 10.6. The Kier molecular flexibility index (Phi) is 2.82. The van der Waals surface area contributed by atoms with Crippen molar-refractivity contribution in [2.24, 2.45) is 0 Å². The summed E-state index contributed by atoms with van der Waals surface area (Å²) >= 11 is 0. The van der Waals surface area contributed by atoms with Crippen LogP contribution in [0.4, 0.5) is 0 Å². The summed E-state index contributed by atoms with van der Waals surface area (Å²) in [5, 5.41) is 4.22. The third kappa shape index (κ3) is 2.01. The molecule has 2 aromatic rings. The number of nitrogens with zero attached hydrogens (tertiary/aromatic N) is 2. The van der Waals surface area contributed by atoms with Gasteiger partial charge in [0.1, 0.15) is 0 Å². The van der Waals surface area contributed by atoms with Crippen molar-refractivity contribution in [3.63, 3.8) is 0 Å². The van der Waals surface area contributed by atoms with E-state index in [2.05, 4.69) is 50.1 Å². The van der Waals surface area contributed by atoms with Crippen molar-refractivity contribution < 1.29 is 0 Å². The summed E-state index contributed by atoms with van der Waals surface area (Å²) in [6.07, 6.45) is 4.90. The summed E-state index contributed by atoms with van der Waals surface area (Å²) in [6.45, 7) is 6.77. The van der Waals surface area contributed by atoms with Crippen LogP contribution in [0, 0.1) is 0 Å². The maximum atomic E-state index is 4.22. The van der Waals surface area contributed by atoms with Crippen molar-refractivity contribution in [1.29, 1.82) is 0 Å². The van der Waals surface area contributed by atoms with Crippen LogP contribution in [0.1, 0.15) is 32.8 Å². The second kappa shape index (κ2) is 4.12. The molecule has 0 aliphatic carbocycles. The minimum atomic E-state index is 0.253. The van der Waals surface area contributed by atoms with E-state index >= 15 is 0 Å². The second-order valence-corrected chi connectivity index (χ2v) is 4.73. The zero-order valence-electron chi connectivity index (χ0n) is 10.1. The number of hydrogen-bond donors (Lipinski definition) is 0. The Bertz CT molecular complexity index is 438. The molecular weight excluding hydrogens is 196 g/mol. The average molecular weight is 214 g/mol. The lowest BCUT2D eigenvalue weighted by Crippen LogP contribution is -2.15. The first-order chi connectivity index (χ1) is 7.63. The summed E-state index contributed by atoms with van der Waals surface area (Å²) in [4.78, 5) is 0. The van der Waals surface area contributed by atoms with Gasteiger partial charge in [0.25, 0.3) is 0 Å². The van der Waals surface area contributed by atoms with Gasteiger partial charge in [0.05, 0.1) is 5.69 Å². The molecule has 16 heavy (non-hydrogen) atoms. The lowest BCUT2D eigenvalue weighted by molar-refractivity contribution is 0.506. The first-order valence-electron chi connectivity index (χ1n) is 5.74. The molecule has 1 aromatic heterocycles. The van der Waals surface area contributed by atoms with Crippen molar-refractivity contribution in [2.45, 2.75) is 32.6 Å². The largest absolute Gasteiger partial charge is 0.241 e. The molecule has 0 N–H and O–H groups in total. The van der Waals surface area contributed by atoms with Crippen LogP contribution in [0.15, 0.2) is 42.7 Å². The lowest BCUT2D eigenvalue weighted by atomic mass is 9.82. The Morgan fingerprint density at radius 2 is 1.88 bits per heavy atom. The van der Waals surface area contributed by atoms with Gasteiger partial charge < -0.3 is 0 Å². The molecule has 1 heterocycles. The fourth-order valence-corrected chi connectivity index (χ4v) is 1.69. The molecule has 0 fully saturated rings. The molecule has 0 saturated heterocycles. The zero-order valence-corrected chi connectivity index (χ0v) is 10.1. The van der Waals surface area contributed by atoms with E-state index in [1.54, 1.807) is 6.20 Å². The van der Waals surface area contributed by atoms with Gasteiger partial charge in [-0.1, -0.05) is 32.9 Å². The summed E-state index contributed by atoms with van der Waals surface area (Å²) in [5.41, 5.74) is 2.74. The van der Waals surface area contributed by atoms with Crippen LogP contribution in [0.5, 0.6) is 0 Å². The highest BCUT2D eigenvalue weighted by atomic mass is 15.3. The predicted octanol–water partition coefficient (Wildman–Crippen LogP) is 3.56. The number of benzene rings is 1. The Labute approximate surface area is 96.9 Å². The van der Waals surface area contributed by atoms with Crippen LogP contribution in [-0.4, -0.2) is 9.78 Å². The van der Waals surface area contributed by atoms with E-state index < -0.39 is 0 Å². The zero-order chi connectivity index (χ0) is 11.6. The predicted molar refractivity (Wildman–Crippen MR) is 66.9 cm³/mol. The highest BCUT2D eigenvalue weighted by Gasteiger charge is 2.17. The maximum absolute atomic E-state index is 4.22. The van der Waals surface area contributed by atoms with Gasteiger partial charge in [-0.2, -0.15) is 5.10 Å². The van der Waals surface area contributed by atoms with Crippen LogP contribution in [0.3, 0.4) is 0 Å². The van der Waals surface area contributed by atoms with E-state index in [0.29, 0.717) is 0 Å². The van der Waals surface area contributed by atoms with Crippen molar-refractivity contribution in [3.05, 3.63) is 48.3 Å². The molecule has 2 rings (SSSR count). The van der Waals surface area contributed by atoms with Crippen molar-refractivity contribution in [1.82, 2.24) is 9.78 Å². The number of hydrogen-bond acceptors (Lipinski definition) is 1. The molecule has 2 heteroatoms. The summed E-state index contributed by atoms with van der Waals surface area (Å²) in [5.74, 6) is 0. The molecule has 84 valence electrons. The standard InChI is InChI=1S/C14H18N2/c1-4-14(2,3)12-6-8-13(9-7-12)16-11-5-10-15-16/h5-11H,4H2,1-3H3. The van der Waals surface area contributed by atoms with Crippen molar-refractivity contribution >= 4 is 0 Å². The van der Waals surface area contributed by atoms with E-state index in [1.807, 2.05) is 16.9 Å². The van der Waals surface area contributed by atoms with Crippen LogP contribution in [0.25, 0.3) is 5.69 Å². The fraction of sp³-hybridized carbons (Fsp3) is 0.357. The van der Waals surface area contributed by atoms with E-state index in [9.17, 15) is 0 Å². The molecule has 0 aliphatic heterocycles. The lowest BCUT2D eigenvalue weighted by Gasteiger charge is -2.23. The average Bonchev–Trinajstić information content (AvgIpc) is 2.83. The molecule has 0 unspecified atom stereocenters. The summed E-state index contributed by atoms with van der Waals surface area (Å²) in [7, 11) is 0. The second-order valence-electron chi connectivity index (χ2n) is 4.73. The van der Waals surface area contributed by atoms with Gasteiger partial charge in [-0.3, -0.25) is 0 Å². The Morgan fingerprint density at radius 1 is 1.19 bits per heavy atom. The fourth-order valence-electron chi connectivity index (χ4n) is 1.69. The van der Waals surface area contributed by atoms with E-state index in [4.69, 9.17) is 0 Å². The maximum Gasteiger partial charge on any atom is 0.0645 e. The topological polar surface area (TPSA) is 17.8 Å². The van der Waals surface area contributed by atoms with Gasteiger partial charge >= 0.3 is 0 Å². The first-order valence-corrected chi connectivity index (χ1v) is 5.74. The monoisotopic (exact) mass is 214 g/mol. The highest BCUT2D eigenvalue weighted by molar-refractivity contribution is 5.36. The van der Waals surface area contributed by atoms with Crippen LogP contribution in [0.2, 0.25) is 0 Å². The van der Waals surface area contributed by atoms with Gasteiger partial charge in [0, 0.05) is 12.4 Å². The molecule has 0 radical (unpaired) electrons. The van der Waals surface area contributed by atoms with Crippen LogP contribution < -0.4 is 0 Å². The smallest absolute Gasteiger partial charge is 0.0645 e.